The number of rotatable bonds is 0. The third kappa shape index (κ3) is 1.79. The minimum absolute atomic E-state index is 0.968. The lowest BCUT2D eigenvalue weighted by atomic mass is 9.98. The number of hydrogen-bond donors (Lipinski definition) is 0. The molecule has 2 rings (SSSR count). The number of aliphatic imine (C=N–C) groups is 2. The van der Waals surface area contributed by atoms with E-state index in [0.717, 1.165) is 27.0 Å². The average Bonchev–Trinajstić information content (AvgIpc) is 2.27. The molecule has 0 spiro atoms. The number of benzene rings is 1. The molecule has 76 valence electrons. The number of allylic oxidation sites excluding steroid dienone is 2. The van der Waals surface area contributed by atoms with Gasteiger partial charge in [-0.05, 0) is 25.1 Å². The van der Waals surface area contributed by atoms with Gasteiger partial charge in [-0.1, -0.05) is 22.0 Å². The summed E-state index contributed by atoms with van der Waals surface area (Å²) in [4.78, 5) is 8.71. The molecule has 3 heteroatoms. The van der Waals surface area contributed by atoms with E-state index in [9.17, 15) is 0 Å². The average molecular weight is 263 g/mol. The fraction of sp³-hybridized carbons (Fsp3) is 0.167. The third-order valence-electron chi connectivity index (χ3n) is 2.37. The Hall–Kier alpha value is -1.22. The normalized spacial score (nSPS) is 19.7. The highest BCUT2D eigenvalue weighted by Gasteiger charge is 2.15. The summed E-state index contributed by atoms with van der Waals surface area (Å²) in [7, 11) is 1.81. The highest BCUT2D eigenvalue weighted by molar-refractivity contribution is 9.10. The van der Waals surface area contributed by atoms with Crippen LogP contribution in [0.25, 0.3) is 0 Å². The second-order valence-electron chi connectivity index (χ2n) is 3.24. The number of hydrogen-bond acceptors (Lipinski definition) is 2. The van der Waals surface area contributed by atoms with Crippen molar-refractivity contribution in [2.45, 2.75) is 6.92 Å². The quantitative estimate of drug-likeness (QED) is 0.684. The molecule has 0 atom stereocenters. The van der Waals surface area contributed by atoms with Gasteiger partial charge in [-0.25, -0.2) is 0 Å². The molecule has 0 amide bonds. The lowest BCUT2D eigenvalue weighted by Gasteiger charge is -2.14. The first-order valence-electron chi connectivity index (χ1n) is 4.73. The van der Waals surface area contributed by atoms with Gasteiger partial charge in [0.2, 0.25) is 0 Å². The number of halogens is 1. The minimum atomic E-state index is 0.968. The third-order valence-corrected chi connectivity index (χ3v) is 2.86. The first-order chi connectivity index (χ1) is 7.26. The maximum atomic E-state index is 4.40. The predicted octanol–water partition coefficient (Wildman–Crippen LogP) is 3.53. The molecule has 15 heavy (non-hydrogen) atoms. The fourth-order valence-corrected chi connectivity index (χ4v) is 1.98. The van der Waals surface area contributed by atoms with Crippen LogP contribution in [-0.4, -0.2) is 19.0 Å². The molecular weight excluding hydrogens is 252 g/mol. The first-order valence-corrected chi connectivity index (χ1v) is 5.53. The molecule has 0 saturated heterocycles. The van der Waals surface area contributed by atoms with Gasteiger partial charge in [0, 0.05) is 28.9 Å². The van der Waals surface area contributed by atoms with E-state index in [-0.39, 0.29) is 0 Å². The molecule has 0 N–H and O–H groups in total. The van der Waals surface area contributed by atoms with Gasteiger partial charge < -0.3 is 0 Å². The topological polar surface area (TPSA) is 24.7 Å². The largest absolute Gasteiger partial charge is 0.287 e. The summed E-state index contributed by atoms with van der Waals surface area (Å²) in [5.41, 5.74) is 4.15. The molecule has 0 unspecified atom stereocenters. The van der Waals surface area contributed by atoms with E-state index in [0.29, 0.717) is 0 Å². The lowest BCUT2D eigenvalue weighted by molar-refractivity contribution is 1.38. The zero-order valence-electron chi connectivity index (χ0n) is 8.66. The van der Waals surface area contributed by atoms with Crippen molar-refractivity contribution in [1.82, 2.24) is 0 Å². The first kappa shape index (κ1) is 10.3. The van der Waals surface area contributed by atoms with Crippen LogP contribution in [-0.2, 0) is 0 Å². The summed E-state index contributed by atoms with van der Waals surface area (Å²) >= 11 is 3.44. The van der Waals surface area contributed by atoms with E-state index < -0.39 is 0 Å². The van der Waals surface area contributed by atoms with Crippen molar-refractivity contribution < 1.29 is 0 Å². The van der Waals surface area contributed by atoms with Gasteiger partial charge in [0.05, 0.1) is 11.4 Å². The van der Waals surface area contributed by atoms with Crippen LogP contribution < -0.4 is 0 Å². The van der Waals surface area contributed by atoms with E-state index >= 15 is 0 Å². The monoisotopic (exact) mass is 262 g/mol. The maximum Gasteiger partial charge on any atom is 0.0749 e. The highest BCUT2D eigenvalue weighted by Crippen LogP contribution is 2.29. The van der Waals surface area contributed by atoms with Crippen molar-refractivity contribution in [3.63, 3.8) is 0 Å². The molecule has 1 heterocycles. The summed E-state index contributed by atoms with van der Waals surface area (Å²) in [5.74, 6) is 0. The second kappa shape index (κ2) is 4.11. The summed E-state index contributed by atoms with van der Waals surface area (Å²) in [6, 6.07) is 6.06. The molecule has 1 aliphatic rings. The van der Waals surface area contributed by atoms with Gasteiger partial charge in [-0.2, -0.15) is 0 Å². The van der Waals surface area contributed by atoms with Crippen molar-refractivity contribution >= 4 is 33.5 Å². The van der Waals surface area contributed by atoms with Gasteiger partial charge in [0.15, 0.2) is 0 Å². The maximum absolute atomic E-state index is 4.40. The standard InChI is InChI=1S/C12H11BrN2/c1-3-8-7-15-11-6-9(13)4-5-10(11)12(8)14-2/h3-7H,1-2H3/b8-3-,14-12+. The van der Waals surface area contributed by atoms with Crippen LogP contribution in [0, 0.1) is 0 Å². The summed E-state index contributed by atoms with van der Waals surface area (Å²) in [6.45, 7) is 2.00. The van der Waals surface area contributed by atoms with Crippen molar-refractivity contribution in [2.75, 3.05) is 7.05 Å². The van der Waals surface area contributed by atoms with E-state index in [4.69, 9.17) is 0 Å². The molecule has 1 aromatic rings. The summed E-state index contributed by atoms with van der Waals surface area (Å²) in [6.07, 6.45) is 3.88. The number of fused-ring (bicyclic) bond motifs is 1. The van der Waals surface area contributed by atoms with Crippen molar-refractivity contribution in [1.29, 1.82) is 0 Å². The predicted molar refractivity (Wildman–Crippen MR) is 68.5 cm³/mol. The Morgan fingerprint density at radius 2 is 2.20 bits per heavy atom. The summed E-state index contributed by atoms with van der Waals surface area (Å²) < 4.78 is 1.04. The zero-order chi connectivity index (χ0) is 10.8. The Kier molecular flexibility index (Phi) is 2.82. The minimum Gasteiger partial charge on any atom is -0.287 e. The van der Waals surface area contributed by atoms with E-state index in [1.165, 1.54) is 0 Å². The summed E-state index contributed by atoms with van der Waals surface area (Å²) in [5, 5.41) is 0. The highest BCUT2D eigenvalue weighted by atomic mass is 79.9. The van der Waals surface area contributed by atoms with E-state index in [2.05, 4.69) is 25.9 Å². The molecule has 0 aliphatic carbocycles. The van der Waals surface area contributed by atoms with Gasteiger partial charge >= 0.3 is 0 Å². The van der Waals surface area contributed by atoms with Gasteiger partial charge in [-0.15, -0.1) is 0 Å². The Morgan fingerprint density at radius 3 is 2.87 bits per heavy atom. The van der Waals surface area contributed by atoms with Crippen LogP contribution in [0.5, 0.6) is 0 Å². The van der Waals surface area contributed by atoms with Gasteiger partial charge in [0.1, 0.15) is 0 Å². The molecule has 1 aromatic carbocycles. The van der Waals surface area contributed by atoms with Crippen molar-refractivity contribution in [3.8, 4) is 0 Å². The van der Waals surface area contributed by atoms with Crippen LogP contribution >= 0.6 is 15.9 Å². The molecule has 0 bridgehead atoms. The van der Waals surface area contributed by atoms with Crippen LogP contribution in [0.1, 0.15) is 12.5 Å². The second-order valence-corrected chi connectivity index (χ2v) is 4.15. The van der Waals surface area contributed by atoms with Crippen LogP contribution in [0.4, 0.5) is 5.69 Å². The molecule has 0 radical (unpaired) electrons. The number of nitrogens with zero attached hydrogens (tertiary/aromatic N) is 2. The van der Waals surface area contributed by atoms with Crippen molar-refractivity contribution in [2.24, 2.45) is 9.98 Å². The molecule has 1 aliphatic heterocycles. The Labute approximate surface area is 97.6 Å². The Bertz CT molecular complexity index is 484. The molecule has 0 fully saturated rings. The molecule has 0 aromatic heterocycles. The Balaban J connectivity index is 2.65. The zero-order valence-corrected chi connectivity index (χ0v) is 10.2. The van der Waals surface area contributed by atoms with Crippen LogP contribution in [0.3, 0.4) is 0 Å². The van der Waals surface area contributed by atoms with E-state index in [1.54, 1.807) is 0 Å². The molecule has 0 saturated carbocycles. The molecular formula is C12H11BrN2. The SMILES string of the molecule is C/C=C1/C=Nc2cc(Br)ccc2/C1=N/C. The molecule has 2 nitrogen and oxygen atoms in total. The van der Waals surface area contributed by atoms with Gasteiger partial charge in [-0.3, -0.25) is 9.98 Å². The smallest absolute Gasteiger partial charge is 0.0749 e. The Morgan fingerprint density at radius 1 is 1.40 bits per heavy atom. The van der Waals surface area contributed by atoms with Crippen LogP contribution in [0.2, 0.25) is 0 Å². The van der Waals surface area contributed by atoms with Crippen molar-refractivity contribution in [3.05, 3.63) is 39.9 Å². The lowest BCUT2D eigenvalue weighted by Crippen LogP contribution is -2.10. The van der Waals surface area contributed by atoms with Crippen LogP contribution in [0.15, 0.2) is 44.3 Å². The van der Waals surface area contributed by atoms with E-state index in [1.807, 2.05) is 44.5 Å². The van der Waals surface area contributed by atoms with Gasteiger partial charge in [0.25, 0.3) is 0 Å². The fourth-order valence-electron chi connectivity index (χ4n) is 1.63.